The summed E-state index contributed by atoms with van der Waals surface area (Å²) in [5.74, 6) is -1.65. The Morgan fingerprint density at radius 3 is 2.73 bits per heavy atom. The van der Waals surface area contributed by atoms with Crippen molar-refractivity contribution in [3.63, 3.8) is 0 Å². The average Bonchev–Trinajstić information content (AvgIpc) is 2.60. The molecule has 84 valence electrons. The third kappa shape index (κ3) is 3.10. The van der Waals surface area contributed by atoms with Crippen molar-refractivity contribution >= 4 is 28.9 Å². The lowest BCUT2D eigenvalue weighted by atomic mass is 10.2. The van der Waals surface area contributed by atoms with E-state index in [1.165, 1.54) is 0 Å². The zero-order valence-electron chi connectivity index (χ0n) is 7.60. The smallest absolute Gasteiger partial charge is 0.328 e. The molecule has 1 aliphatic rings. The minimum absolute atomic E-state index is 0.266. The molecule has 1 heterocycles. The predicted octanol–water partition coefficient (Wildman–Crippen LogP) is -1.63. The normalized spacial score (nSPS) is 21.9. The average molecular weight is 234 g/mol. The molecule has 1 unspecified atom stereocenters. The predicted molar refractivity (Wildman–Crippen MR) is 51.4 cm³/mol. The Bertz CT molecular complexity index is 295. The van der Waals surface area contributed by atoms with Gasteiger partial charge in [-0.25, -0.2) is 4.79 Å². The van der Waals surface area contributed by atoms with Gasteiger partial charge in [-0.3, -0.25) is 9.59 Å². The summed E-state index contributed by atoms with van der Waals surface area (Å²) in [5, 5.41) is 21.4. The molecule has 1 fully saturated rings. The van der Waals surface area contributed by atoms with Crippen LogP contribution < -0.4 is 10.6 Å². The number of hydrogen-bond donors (Lipinski definition) is 4. The van der Waals surface area contributed by atoms with Crippen LogP contribution in [0.4, 0.5) is 4.79 Å². The van der Waals surface area contributed by atoms with Gasteiger partial charge in [-0.15, -0.1) is 0 Å². The van der Waals surface area contributed by atoms with Crippen LogP contribution in [0.5, 0.6) is 0 Å². The molecule has 2 atom stereocenters. The fourth-order valence-corrected chi connectivity index (χ4v) is 1.76. The van der Waals surface area contributed by atoms with Crippen LogP contribution in [0.1, 0.15) is 0 Å². The summed E-state index contributed by atoms with van der Waals surface area (Å²) in [7, 11) is 0. The zero-order valence-corrected chi connectivity index (χ0v) is 8.41. The highest BCUT2D eigenvalue weighted by atomic mass is 32.2. The van der Waals surface area contributed by atoms with E-state index in [1.807, 2.05) is 0 Å². The Labute approximate surface area is 89.2 Å². The van der Waals surface area contributed by atoms with Gasteiger partial charge in [0.15, 0.2) is 0 Å². The van der Waals surface area contributed by atoms with Crippen molar-refractivity contribution in [3.05, 3.63) is 0 Å². The minimum atomic E-state index is -1.33. The van der Waals surface area contributed by atoms with Crippen molar-refractivity contribution in [1.29, 1.82) is 0 Å². The Balaban J connectivity index is 2.47. The Kier molecular flexibility index (Phi) is 3.92. The lowest BCUT2D eigenvalue weighted by Gasteiger charge is -2.14. The first-order valence-electron chi connectivity index (χ1n) is 4.12. The maximum absolute atomic E-state index is 11.4. The minimum Gasteiger partial charge on any atom is -0.480 e. The molecule has 0 aliphatic carbocycles. The molecule has 15 heavy (non-hydrogen) atoms. The second-order valence-corrected chi connectivity index (χ2v) is 3.87. The molecular formula is C7H10N2O5S. The third-order valence-corrected chi connectivity index (χ3v) is 2.67. The first kappa shape index (κ1) is 11.8. The van der Waals surface area contributed by atoms with Crippen molar-refractivity contribution in [2.45, 2.75) is 12.1 Å². The largest absolute Gasteiger partial charge is 0.480 e. The number of nitrogens with one attached hydrogen (secondary N) is 2. The number of amides is 2. The topological polar surface area (TPSA) is 116 Å². The van der Waals surface area contributed by atoms with Gasteiger partial charge in [-0.2, -0.15) is 0 Å². The van der Waals surface area contributed by atoms with Crippen LogP contribution in [-0.2, 0) is 9.59 Å². The highest BCUT2D eigenvalue weighted by Crippen LogP contribution is 2.12. The number of hydrogen-bond acceptors (Lipinski definition) is 5. The van der Waals surface area contributed by atoms with Gasteiger partial charge in [-0.05, 0) is 0 Å². The van der Waals surface area contributed by atoms with Crippen LogP contribution in [0.25, 0.3) is 0 Å². The lowest BCUT2D eigenvalue weighted by Crippen LogP contribution is -2.50. The van der Waals surface area contributed by atoms with E-state index in [-0.39, 0.29) is 11.0 Å². The van der Waals surface area contributed by atoms with Crippen LogP contribution in [0.3, 0.4) is 0 Å². The third-order valence-electron chi connectivity index (χ3n) is 1.79. The molecule has 1 saturated heterocycles. The monoisotopic (exact) mass is 234 g/mol. The Morgan fingerprint density at radius 1 is 1.67 bits per heavy atom. The molecule has 1 rings (SSSR count). The van der Waals surface area contributed by atoms with E-state index in [9.17, 15) is 14.4 Å². The molecule has 0 radical (unpaired) electrons. The highest BCUT2D eigenvalue weighted by molar-refractivity contribution is 8.14. The molecule has 4 N–H and O–H groups in total. The second kappa shape index (κ2) is 4.99. The van der Waals surface area contributed by atoms with Crippen molar-refractivity contribution in [1.82, 2.24) is 10.6 Å². The molecule has 0 aromatic rings. The second-order valence-electron chi connectivity index (χ2n) is 2.88. The Morgan fingerprint density at radius 2 is 2.33 bits per heavy atom. The standard InChI is InChI=1S/C7H10N2O5S/c10-1-3(6(12)13)8-5(11)4-2-15-7(14)9-4/h3-4,10H,1-2H2,(H,8,11)(H,9,14)(H,12,13)/t3-,4?/m0/s1. The summed E-state index contributed by atoms with van der Waals surface area (Å²) >= 11 is 0.956. The molecule has 1 aliphatic heterocycles. The summed E-state index contributed by atoms with van der Waals surface area (Å²) in [5.41, 5.74) is 0. The molecule has 0 bridgehead atoms. The number of rotatable bonds is 4. The van der Waals surface area contributed by atoms with E-state index in [0.717, 1.165) is 11.8 Å². The molecule has 2 amide bonds. The molecule has 8 heteroatoms. The zero-order chi connectivity index (χ0) is 11.4. The Hall–Kier alpha value is -1.28. The van der Waals surface area contributed by atoms with Crippen LogP contribution in [0.15, 0.2) is 0 Å². The van der Waals surface area contributed by atoms with E-state index in [4.69, 9.17) is 10.2 Å². The van der Waals surface area contributed by atoms with Gasteiger partial charge in [-0.1, -0.05) is 11.8 Å². The maximum atomic E-state index is 11.4. The maximum Gasteiger partial charge on any atom is 0.328 e. The summed E-state index contributed by atoms with van der Waals surface area (Å²) in [6.07, 6.45) is 0. The quantitative estimate of drug-likeness (QED) is 0.464. The van der Waals surface area contributed by atoms with Gasteiger partial charge in [0.05, 0.1) is 6.61 Å². The SMILES string of the molecule is O=C1NC(C(=O)N[C@@H](CO)C(=O)O)CS1. The molecule has 0 spiro atoms. The first-order valence-corrected chi connectivity index (χ1v) is 5.10. The van der Waals surface area contributed by atoms with Crippen LogP contribution in [0.2, 0.25) is 0 Å². The van der Waals surface area contributed by atoms with Gasteiger partial charge in [0, 0.05) is 5.75 Å². The van der Waals surface area contributed by atoms with E-state index in [1.54, 1.807) is 0 Å². The van der Waals surface area contributed by atoms with Crippen LogP contribution >= 0.6 is 11.8 Å². The number of carboxylic acids is 1. The van der Waals surface area contributed by atoms with E-state index in [0.29, 0.717) is 0 Å². The summed E-state index contributed by atoms with van der Waals surface area (Å²) in [6, 6.07) is -2.06. The molecule has 0 saturated carbocycles. The molecule has 0 aromatic heterocycles. The first-order chi connectivity index (χ1) is 7.04. The van der Waals surface area contributed by atoms with Crippen molar-refractivity contribution in [2.24, 2.45) is 0 Å². The number of aliphatic hydroxyl groups excluding tert-OH is 1. The van der Waals surface area contributed by atoms with Crippen LogP contribution in [-0.4, -0.2) is 51.8 Å². The summed E-state index contributed by atoms with van der Waals surface area (Å²) < 4.78 is 0. The van der Waals surface area contributed by atoms with Crippen molar-refractivity contribution in [3.8, 4) is 0 Å². The van der Waals surface area contributed by atoms with Gasteiger partial charge < -0.3 is 20.8 Å². The summed E-state index contributed by atoms with van der Waals surface area (Å²) in [6.45, 7) is -0.686. The number of carboxylic acid groups (broad SMARTS) is 1. The molecular weight excluding hydrogens is 224 g/mol. The highest BCUT2D eigenvalue weighted by Gasteiger charge is 2.30. The number of carbonyl (C=O) groups is 3. The fourth-order valence-electron chi connectivity index (χ4n) is 0.984. The van der Waals surface area contributed by atoms with Crippen LogP contribution in [0, 0.1) is 0 Å². The van der Waals surface area contributed by atoms with E-state index >= 15 is 0 Å². The van der Waals surface area contributed by atoms with Gasteiger partial charge in [0.2, 0.25) is 5.91 Å². The molecule has 0 aromatic carbocycles. The van der Waals surface area contributed by atoms with Crippen molar-refractivity contribution < 1.29 is 24.6 Å². The number of aliphatic carboxylic acids is 1. The van der Waals surface area contributed by atoms with E-state index in [2.05, 4.69) is 10.6 Å². The summed E-state index contributed by atoms with van der Waals surface area (Å²) in [4.78, 5) is 32.6. The van der Waals surface area contributed by atoms with Gasteiger partial charge >= 0.3 is 5.97 Å². The molecule has 7 nitrogen and oxygen atoms in total. The van der Waals surface area contributed by atoms with Gasteiger partial charge in [0.1, 0.15) is 12.1 Å². The number of aliphatic hydroxyl groups is 1. The number of carbonyl (C=O) groups excluding carboxylic acids is 2. The lowest BCUT2D eigenvalue weighted by molar-refractivity contribution is -0.143. The number of thioether (sulfide) groups is 1. The van der Waals surface area contributed by atoms with Gasteiger partial charge in [0.25, 0.3) is 5.24 Å². The fraction of sp³-hybridized carbons (Fsp3) is 0.571. The van der Waals surface area contributed by atoms with E-state index < -0.39 is 30.6 Å². The van der Waals surface area contributed by atoms with Crippen molar-refractivity contribution in [2.75, 3.05) is 12.4 Å².